The number of hydrogen-bond donors (Lipinski definition) is 1. The van der Waals surface area contributed by atoms with Crippen molar-refractivity contribution >= 4 is 21.8 Å². The van der Waals surface area contributed by atoms with Crippen molar-refractivity contribution in [2.45, 2.75) is 0 Å². The van der Waals surface area contributed by atoms with Gasteiger partial charge >= 0.3 is 0 Å². The van der Waals surface area contributed by atoms with E-state index in [-0.39, 0.29) is 12.7 Å². The van der Waals surface area contributed by atoms with Crippen LogP contribution in [0.1, 0.15) is 10.4 Å². The summed E-state index contributed by atoms with van der Waals surface area (Å²) in [6.07, 6.45) is 0. The first-order valence-electron chi connectivity index (χ1n) is 6.79. The van der Waals surface area contributed by atoms with Gasteiger partial charge in [-0.2, -0.15) is 0 Å². The van der Waals surface area contributed by atoms with Gasteiger partial charge in [0.25, 0.3) is 5.91 Å². The van der Waals surface area contributed by atoms with E-state index < -0.39 is 0 Å². The summed E-state index contributed by atoms with van der Waals surface area (Å²) in [5, 5.41) is 2.81. The van der Waals surface area contributed by atoms with Crippen LogP contribution in [0.3, 0.4) is 0 Å². The third kappa shape index (κ3) is 3.33. The molecule has 0 unspecified atom stereocenters. The topological polar surface area (TPSA) is 56.8 Å². The number of carbonyl (C=O) groups is 1. The Bertz CT molecular complexity index is 690. The molecule has 0 saturated heterocycles. The van der Waals surface area contributed by atoms with E-state index in [9.17, 15) is 4.79 Å². The fourth-order valence-corrected chi connectivity index (χ4v) is 2.51. The zero-order chi connectivity index (χ0) is 15.4. The molecule has 0 atom stereocenters. The van der Waals surface area contributed by atoms with Gasteiger partial charge in [0.05, 0.1) is 12.1 Å². The highest BCUT2D eigenvalue weighted by Crippen LogP contribution is 2.34. The molecule has 6 heteroatoms. The molecule has 0 aliphatic carbocycles. The molecule has 1 aliphatic rings. The SMILES string of the molecule is O=C(NCCOc1ccc2c(c1)OCO2)c1ccccc1Br. The van der Waals surface area contributed by atoms with Crippen LogP contribution in [0.15, 0.2) is 46.9 Å². The van der Waals surface area contributed by atoms with Gasteiger partial charge in [-0.15, -0.1) is 0 Å². The molecule has 0 aromatic heterocycles. The van der Waals surface area contributed by atoms with E-state index >= 15 is 0 Å². The molecule has 114 valence electrons. The van der Waals surface area contributed by atoms with Gasteiger partial charge in [-0.1, -0.05) is 12.1 Å². The first-order chi connectivity index (χ1) is 10.7. The van der Waals surface area contributed by atoms with E-state index in [1.165, 1.54) is 0 Å². The lowest BCUT2D eigenvalue weighted by atomic mass is 10.2. The summed E-state index contributed by atoms with van der Waals surface area (Å²) in [6, 6.07) is 12.7. The third-order valence-corrected chi connectivity index (χ3v) is 3.81. The monoisotopic (exact) mass is 363 g/mol. The average molecular weight is 364 g/mol. The molecule has 2 aromatic rings. The molecule has 22 heavy (non-hydrogen) atoms. The van der Waals surface area contributed by atoms with Gasteiger partial charge in [0.15, 0.2) is 11.5 Å². The van der Waals surface area contributed by atoms with Crippen LogP contribution in [0.2, 0.25) is 0 Å². The minimum Gasteiger partial charge on any atom is -0.492 e. The molecule has 0 fully saturated rings. The molecule has 0 bridgehead atoms. The number of carbonyl (C=O) groups excluding carboxylic acids is 1. The lowest BCUT2D eigenvalue weighted by Crippen LogP contribution is -2.28. The van der Waals surface area contributed by atoms with E-state index in [4.69, 9.17) is 14.2 Å². The number of nitrogens with one attached hydrogen (secondary N) is 1. The normalized spacial score (nSPS) is 12.0. The van der Waals surface area contributed by atoms with Gasteiger partial charge in [-0.05, 0) is 40.2 Å². The van der Waals surface area contributed by atoms with E-state index in [0.29, 0.717) is 30.2 Å². The first kappa shape index (κ1) is 14.7. The summed E-state index contributed by atoms with van der Waals surface area (Å²) in [5.41, 5.74) is 0.602. The van der Waals surface area contributed by atoms with Crippen LogP contribution < -0.4 is 19.5 Å². The molecule has 1 aliphatic heterocycles. The van der Waals surface area contributed by atoms with E-state index in [1.54, 1.807) is 18.2 Å². The minimum absolute atomic E-state index is 0.137. The Morgan fingerprint density at radius 1 is 1.18 bits per heavy atom. The van der Waals surface area contributed by atoms with Crippen molar-refractivity contribution < 1.29 is 19.0 Å². The third-order valence-electron chi connectivity index (χ3n) is 3.12. The molecule has 0 radical (unpaired) electrons. The lowest BCUT2D eigenvalue weighted by molar-refractivity contribution is 0.0946. The maximum Gasteiger partial charge on any atom is 0.252 e. The van der Waals surface area contributed by atoms with Gasteiger partial charge in [-0.25, -0.2) is 0 Å². The number of rotatable bonds is 5. The van der Waals surface area contributed by atoms with Gasteiger partial charge in [0.2, 0.25) is 6.79 Å². The summed E-state index contributed by atoms with van der Waals surface area (Å²) in [5.74, 6) is 1.94. The summed E-state index contributed by atoms with van der Waals surface area (Å²) in [4.78, 5) is 12.0. The van der Waals surface area contributed by atoms with Crippen LogP contribution in [0.25, 0.3) is 0 Å². The number of fused-ring (bicyclic) bond motifs is 1. The fourth-order valence-electron chi connectivity index (χ4n) is 2.04. The van der Waals surface area contributed by atoms with Crippen molar-refractivity contribution in [3.63, 3.8) is 0 Å². The van der Waals surface area contributed by atoms with E-state index in [2.05, 4.69) is 21.2 Å². The molecular formula is C16H14BrNO4. The number of hydrogen-bond acceptors (Lipinski definition) is 4. The summed E-state index contributed by atoms with van der Waals surface area (Å²) < 4.78 is 16.9. The van der Waals surface area contributed by atoms with E-state index in [1.807, 2.05) is 24.3 Å². The first-order valence-corrected chi connectivity index (χ1v) is 7.58. The number of amides is 1. The van der Waals surface area contributed by atoms with Crippen LogP contribution in [-0.4, -0.2) is 25.9 Å². The predicted molar refractivity (Wildman–Crippen MR) is 84.5 cm³/mol. The quantitative estimate of drug-likeness (QED) is 0.829. The highest BCUT2D eigenvalue weighted by atomic mass is 79.9. The summed E-state index contributed by atoms with van der Waals surface area (Å²) in [6.45, 7) is 1.02. The second-order valence-corrected chi connectivity index (χ2v) is 5.45. The number of benzene rings is 2. The van der Waals surface area contributed by atoms with Crippen molar-refractivity contribution in [3.8, 4) is 17.2 Å². The Kier molecular flexibility index (Phi) is 4.48. The Hall–Kier alpha value is -2.21. The predicted octanol–water partition coefficient (Wildman–Crippen LogP) is 2.99. The molecule has 0 saturated carbocycles. The molecule has 2 aromatic carbocycles. The van der Waals surface area contributed by atoms with E-state index in [0.717, 1.165) is 10.2 Å². The van der Waals surface area contributed by atoms with Crippen LogP contribution in [-0.2, 0) is 0 Å². The van der Waals surface area contributed by atoms with Crippen molar-refractivity contribution in [3.05, 3.63) is 52.5 Å². The molecule has 1 N–H and O–H groups in total. The smallest absolute Gasteiger partial charge is 0.252 e. The molecule has 0 spiro atoms. The molecule has 1 amide bonds. The van der Waals surface area contributed by atoms with Crippen molar-refractivity contribution in [2.75, 3.05) is 19.9 Å². The molecular weight excluding hydrogens is 350 g/mol. The van der Waals surface area contributed by atoms with Crippen LogP contribution >= 0.6 is 15.9 Å². The van der Waals surface area contributed by atoms with Crippen molar-refractivity contribution in [2.24, 2.45) is 0 Å². The summed E-state index contributed by atoms with van der Waals surface area (Å²) in [7, 11) is 0. The maximum absolute atomic E-state index is 12.0. The van der Waals surface area contributed by atoms with Crippen LogP contribution in [0.4, 0.5) is 0 Å². The zero-order valence-corrected chi connectivity index (χ0v) is 13.3. The lowest BCUT2D eigenvalue weighted by Gasteiger charge is -2.09. The highest BCUT2D eigenvalue weighted by molar-refractivity contribution is 9.10. The minimum atomic E-state index is -0.137. The Morgan fingerprint density at radius 2 is 2.00 bits per heavy atom. The largest absolute Gasteiger partial charge is 0.492 e. The number of halogens is 1. The van der Waals surface area contributed by atoms with Gasteiger partial charge < -0.3 is 19.5 Å². The fraction of sp³-hybridized carbons (Fsp3) is 0.188. The molecule has 3 rings (SSSR count). The molecule has 1 heterocycles. The van der Waals surface area contributed by atoms with Gasteiger partial charge in [0, 0.05) is 10.5 Å². The zero-order valence-electron chi connectivity index (χ0n) is 11.7. The van der Waals surface area contributed by atoms with Crippen molar-refractivity contribution in [1.82, 2.24) is 5.32 Å². The van der Waals surface area contributed by atoms with Gasteiger partial charge in [0.1, 0.15) is 12.4 Å². The second kappa shape index (κ2) is 6.70. The van der Waals surface area contributed by atoms with Crippen LogP contribution in [0, 0.1) is 0 Å². The molecule has 5 nitrogen and oxygen atoms in total. The Morgan fingerprint density at radius 3 is 2.86 bits per heavy atom. The Labute approximate surface area is 136 Å². The highest BCUT2D eigenvalue weighted by Gasteiger charge is 2.13. The van der Waals surface area contributed by atoms with Gasteiger partial charge in [-0.3, -0.25) is 4.79 Å². The average Bonchev–Trinajstić information content (AvgIpc) is 2.99. The summed E-state index contributed by atoms with van der Waals surface area (Å²) >= 11 is 3.35. The van der Waals surface area contributed by atoms with Crippen LogP contribution in [0.5, 0.6) is 17.2 Å². The maximum atomic E-state index is 12.0. The Balaban J connectivity index is 1.48. The van der Waals surface area contributed by atoms with Crippen molar-refractivity contribution in [1.29, 1.82) is 0 Å². The second-order valence-electron chi connectivity index (χ2n) is 4.60. The standard InChI is InChI=1S/C16H14BrNO4/c17-13-4-2-1-3-12(13)16(19)18-7-8-20-11-5-6-14-15(9-11)22-10-21-14/h1-6,9H,7-8,10H2,(H,18,19). The number of ether oxygens (including phenoxy) is 3.